The summed E-state index contributed by atoms with van der Waals surface area (Å²) in [6.07, 6.45) is 2.59. The van der Waals surface area contributed by atoms with E-state index in [0.29, 0.717) is 17.2 Å². The molecule has 0 atom stereocenters. The molecular formula is C13H16ClNO2. The summed E-state index contributed by atoms with van der Waals surface area (Å²) in [5.41, 5.74) is 1.35. The maximum absolute atomic E-state index is 11.6. The quantitative estimate of drug-likeness (QED) is 0.818. The Morgan fingerprint density at radius 3 is 2.94 bits per heavy atom. The fourth-order valence-corrected chi connectivity index (χ4v) is 1.78. The first-order valence-corrected chi connectivity index (χ1v) is 6.29. The summed E-state index contributed by atoms with van der Waals surface area (Å²) in [6.45, 7) is 3.10. The van der Waals surface area contributed by atoms with Crippen molar-refractivity contribution in [2.75, 3.05) is 18.5 Å². The number of rotatable bonds is 5. The summed E-state index contributed by atoms with van der Waals surface area (Å²) < 4.78 is 4.95. The molecule has 3 nitrogen and oxygen atoms in total. The highest BCUT2D eigenvalue weighted by atomic mass is 35.5. The van der Waals surface area contributed by atoms with Crippen LogP contribution < -0.4 is 5.32 Å². The Balaban J connectivity index is 2.07. The Bertz CT molecular complexity index is 416. The molecule has 1 aromatic carbocycles. The van der Waals surface area contributed by atoms with Gasteiger partial charge in [-0.25, -0.2) is 4.79 Å². The van der Waals surface area contributed by atoms with Crippen LogP contribution in [0.1, 0.15) is 30.1 Å². The number of halogens is 1. The van der Waals surface area contributed by atoms with E-state index in [2.05, 4.69) is 5.32 Å². The third-order valence-corrected chi connectivity index (χ3v) is 3.08. The van der Waals surface area contributed by atoms with Crippen LogP contribution in [-0.4, -0.2) is 19.1 Å². The molecule has 0 heterocycles. The minimum absolute atomic E-state index is 0.356. The zero-order valence-electron chi connectivity index (χ0n) is 9.83. The van der Waals surface area contributed by atoms with Gasteiger partial charge >= 0.3 is 5.97 Å². The van der Waals surface area contributed by atoms with Crippen LogP contribution in [0.15, 0.2) is 18.2 Å². The molecule has 1 fully saturated rings. The molecule has 4 heteroatoms. The van der Waals surface area contributed by atoms with Gasteiger partial charge in [0.1, 0.15) is 0 Å². The molecule has 17 heavy (non-hydrogen) atoms. The number of hydrogen-bond acceptors (Lipinski definition) is 3. The van der Waals surface area contributed by atoms with Crippen molar-refractivity contribution >= 4 is 23.3 Å². The van der Waals surface area contributed by atoms with E-state index < -0.39 is 0 Å². The van der Waals surface area contributed by atoms with Gasteiger partial charge in [0.15, 0.2) is 0 Å². The topological polar surface area (TPSA) is 38.3 Å². The zero-order valence-corrected chi connectivity index (χ0v) is 10.6. The van der Waals surface area contributed by atoms with Gasteiger partial charge in [-0.15, -0.1) is 0 Å². The minimum atomic E-state index is -0.368. The van der Waals surface area contributed by atoms with Gasteiger partial charge in [-0.3, -0.25) is 0 Å². The predicted molar refractivity (Wildman–Crippen MR) is 68.6 cm³/mol. The Morgan fingerprint density at radius 1 is 1.53 bits per heavy atom. The van der Waals surface area contributed by atoms with Crippen LogP contribution >= 0.6 is 11.6 Å². The lowest BCUT2D eigenvalue weighted by atomic mass is 10.2. The van der Waals surface area contributed by atoms with Crippen molar-refractivity contribution in [1.82, 2.24) is 0 Å². The number of anilines is 1. The monoisotopic (exact) mass is 253 g/mol. The van der Waals surface area contributed by atoms with Crippen LogP contribution in [0.2, 0.25) is 5.02 Å². The van der Waals surface area contributed by atoms with E-state index in [1.165, 1.54) is 12.8 Å². The molecule has 0 aromatic heterocycles. The standard InChI is InChI=1S/C13H16ClNO2/c1-2-17-13(16)11-7-10(5-6-12(11)14)15-8-9-3-4-9/h5-7,9,15H,2-4,8H2,1H3. The molecule has 2 rings (SSSR count). The lowest BCUT2D eigenvalue weighted by Gasteiger charge is -2.09. The Kier molecular flexibility index (Phi) is 3.89. The lowest BCUT2D eigenvalue weighted by molar-refractivity contribution is 0.0526. The van der Waals surface area contributed by atoms with E-state index in [9.17, 15) is 4.79 Å². The molecule has 0 spiro atoms. The van der Waals surface area contributed by atoms with Gasteiger partial charge in [0.25, 0.3) is 0 Å². The van der Waals surface area contributed by atoms with E-state index in [1.54, 1.807) is 19.1 Å². The van der Waals surface area contributed by atoms with Crippen LogP contribution in [0, 0.1) is 5.92 Å². The molecule has 0 amide bonds. The van der Waals surface area contributed by atoms with Gasteiger partial charge in [0.2, 0.25) is 0 Å². The van der Waals surface area contributed by atoms with E-state index in [-0.39, 0.29) is 5.97 Å². The summed E-state index contributed by atoms with van der Waals surface area (Å²) in [6, 6.07) is 5.36. The molecule has 1 aromatic rings. The molecule has 0 unspecified atom stereocenters. The molecule has 1 saturated carbocycles. The van der Waals surface area contributed by atoms with Gasteiger partial charge in [-0.2, -0.15) is 0 Å². The molecule has 1 N–H and O–H groups in total. The number of carbonyl (C=O) groups is 1. The van der Waals surface area contributed by atoms with Crippen molar-refractivity contribution in [2.45, 2.75) is 19.8 Å². The average molecular weight is 254 g/mol. The largest absolute Gasteiger partial charge is 0.462 e. The van der Waals surface area contributed by atoms with E-state index in [4.69, 9.17) is 16.3 Å². The van der Waals surface area contributed by atoms with E-state index >= 15 is 0 Å². The highest BCUT2D eigenvalue weighted by molar-refractivity contribution is 6.33. The van der Waals surface area contributed by atoms with Crippen molar-refractivity contribution in [1.29, 1.82) is 0 Å². The number of ether oxygens (including phenoxy) is 1. The summed E-state index contributed by atoms with van der Waals surface area (Å²) in [5, 5.41) is 3.74. The van der Waals surface area contributed by atoms with Crippen molar-refractivity contribution in [3.63, 3.8) is 0 Å². The second-order valence-corrected chi connectivity index (χ2v) is 4.65. The second kappa shape index (κ2) is 5.41. The average Bonchev–Trinajstić information content (AvgIpc) is 3.12. The molecule has 1 aliphatic carbocycles. The Morgan fingerprint density at radius 2 is 2.29 bits per heavy atom. The number of carbonyl (C=O) groups excluding carboxylic acids is 1. The van der Waals surface area contributed by atoms with Crippen molar-refractivity contribution < 1.29 is 9.53 Å². The summed E-state index contributed by atoms with van der Waals surface area (Å²) in [5.74, 6) is 0.421. The molecule has 92 valence electrons. The normalized spacial score (nSPS) is 14.5. The number of nitrogens with one attached hydrogen (secondary N) is 1. The van der Waals surface area contributed by atoms with E-state index in [0.717, 1.165) is 18.2 Å². The highest BCUT2D eigenvalue weighted by Gasteiger charge is 2.21. The van der Waals surface area contributed by atoms with Crippen LogP contribution in [0.3, 0.4) is 0 Å². The van der Waals surface area contributed by atoms with Gasteiger partial charge in [-0.1, -0.05) is 11.6 Å². The fourth-order valence-electron chi connectivity index (χ4n) is 1.58. The Labute approximate surface area is 106 Å². The number of hydrogen-bond donors (Lipinski definition) is 1. The van der Waals surface area contributed by atoms with Gasteiger partial charge in [0.05, 0.1) is 17.2 Å². The first kappa shape index (κ1) is 12.2. The van der Waals surface area contributed by atoms with Crippen LogP contribution in [0.5, 0.6) is 0 Å². The molecule has 1 aliphatic rings. The smallest absolute Gasteiger partial charge is 0.339 e. The molecule has 0 aliphatic heterocycles. The molecule has 0 bridgehead atoms. The highest BCUT2D eigenvalue weighted by Crippen LogP contribution is 2.29. The van der Waals surface area contributed by atoms with Gasteiger partial charge in [0, 0.05) is 12.2 Å². The maximum atomic E-state index is 11.6. The molecule has 0 saturated heterocycles. The van der Waals surface area contributed by atoms with Gasteiger partial charge < -0.3 is 10.1 Å². The van der Waals surface area contributed by atoms with Crippen LogP contribution in [0.25, 0.3) is 0 Å². The van der Waals surface area contributed by atoms with Crippen LogP contribution in [0.4, 0.5) is 5.69 Å². The third-order valence-electron chi connectivity index (χ3n) is 2.75. The summed E-state index contributed by atoms with van der Waals surface area (Å²) in [7, 11) is 0. The lowest BCUT2D eigenvalue weighted by Crippen LogP contribution is -2.08. The van der Waals surface area contributed by atoms with Gasteiger partial charge in [-0.05, 0) is 43.9 Å². The fraction of sp³-hybridized carbons (Fsp3) is 0.462. The van der Waals surface area contributed by atoms with Crippen molar-refractivity contribution in [3.05, 3.63) is 28.8 Å². The SMILES string of the molecule is CCOC(=O)c1cc(NCC2CC2)ccc1Cl. The molecular weight excluding hydrogens is 238 g/mol. The summed E-state index contributed by atoms with van der Waals surface area (Å²) >= 11 is 5.97. The van der Waals surface area contributed by atoms with Crippen molar-refractivity contribution in [2.24, 2.45) is 5.92 Å². The molecule has 0 radical (unpaired) electrons. The first-order chi connectivity index (χ1) is 8.20. The van der Waals surface area contributed by atoms with Crippen molar-refractivity contribution in [3.8, 4) is 0 Å². The second-order valence-electron chi connectivity index (χ2n) is 4.24. The van der Waals surface area contributed by atoms with Crippen LogP contribution in [-0.2, 0) is 4.74 Å². The minimum Gasteiger partial charge on any atom is -0.462 e. The van der Waals surface area contributed by atoms with E-state index in [1.807, 2.05) is 6.07 Å². The summed E-state index contributed by atoms with van der Waals surface area (Å²) in [4.78, 5) is 11.6. The third kappa shape index (κ3) is 3.37. The number of esters is 1. The maximum Gasteiger partial charge on any atom is 0.339 e. The number of benzene rings is 1. The predicted octanol–water partition coefficient (Wildman–Crippen LogP) is 3.34. The zero-order chi connectivity index (χ0) is 12.3. The first-order valence-electron chi connectivity index (χ1n) is 5.91. The Hall–Kier alpha value is -1.22.